The number of piperidine rings is 1. The second kappa shape index (κ2) is 11.5. The van der Waals surface area contributed by atoms with Crippen LogP contribution in [0, 0.1) is 52.3 Å². The van der Waals surface area contributed by atoms with Gasteiger partial charge in [-0.1, -0.05) is 27.7 Å². The summed E-state index contributed by atoms with van der Waals surface area (Å²) in [5.41, 5.74) is 0.687. The van der Waals surface area contributed by atoms with Crippen molar-refractivity contribution in [1.29, 1.82) is 0 Å². The molecule has 0 radical (unpaired) electrons. The monoisotopic (exact) mass is 598 g/mol. The fourth-order valence-corrected chi connectivity index (χ4v) is 12.0. The Morgan fingerprint density at radius 1 is 0.907 bits per heavy atom. The first-order chi connectivity index (χ1) is 20.6. The number of nitrogens with zero attached hydrogens (tertiary/aromatic N) is 1. The zero-order valence-electron chi connectivity index (χ0n) is 27.3. The first-order valence-electron chi connectivity index (χ1n) is 17.9. The third kappa shape index (κ3) is 5.28. The van der Waals surface area contributed by atoms with Crippen molar-refractivity contribution in [3.63, 3.8) is 0 Å². The molecule has 4 saturated carbocycles. The summed E-state index contributed by atoms with van der Waals surface area (Å²) >= 11 is 0. The van der Waals surface area contributed by atoms with Crippen LogP contribution in [0.3, 0.4) is 0 Å². The highest BCUT2D eigenvalue weighted by atomic mass is 16.5. The van der Waals surface area contributed by atoms with Crippen molar-refractivity contribution in [2.24, 2.45) is 52.3 Å². The molecule has 0 bridgehead atoms. The summed E-state index contributed by atoms with van der Waals surface area (Å²) in [6.45, 7) is 14.8. The van der Waals surface area contributed by atoms with Gasteiger partial charge in [-0.25, -0.2) is 0 Å². The first-order valence-corrected chi connectivity index (χ1v) is 17.9. The standard InChI is InChI=1S/C35H58N4O4/c1-22-7-12-35(37-20-22)23(2)32-29(43-35)18-28-26-6-5-24-17-25(8-10-33(24,3)27(26)9-11-34(28,32)4)38-31(41)19-30(40)36-21-39-13-15-42-16-14-39/h22-29,32,37H,5-21H2,1-4H3,(H,36,40)(H,38,41)/t22-,23+,24+,25+,26-,27+,28+,29+,32+,33+,34+,35-/m1/s1. The van der Waals surface area contributed by atoms with E-state index in [9.17, 15) is 9.59 Å². The average molecular weight is 599 g/mol. The van der Waals surface area contributed by atoms with Crippen molar-refractivity contribution in [3.8, 4) is 0 Å². The number of morpholine rings is 1. The topological polar surface area (TPSA) is 91.9 Å². The van der Waals surface area contributed by atoms with Gasteiger partial charge in [0.1, 0.15) is 12.1 Å². The van der Waals surface area contributed by atoms with Crippen LogP contribution >= 0.6 is 0 Å². The molecular formula is C35H58N4O4. The predicted molar refractivity (Wildman–Crippen MR) is 166 cm³/mol. The molecule has 7 aliphatic rings. The van der Waals surface area contributed by atoms with E-state index in [4.69, 9.17) is 9.47 Å². The maximum Gasteiger partial charge on any atom is 0.230 e. The van der Waals surface area contributed by atoms with Crippen molar-refractivity contribution in [1.82, 2.24) is 20.9 Å². The van der Waals surface area contributed by atoms with Crippen LogP contribution in [0.15, 0.2) is 0 Å². The van der Waals surface area contributed by atoms with Crippen LogP contribution in [0.25, 0.3) is 0 Å². The maximum atomic E-state index is 12.8. The number of carbonyl (C=O) groups excluding carboxylic acids is 2. The van der Waals surface area contributed by atoms with E-state index in [2.05, 4.69) is 48.5 Å². The smallest absolute Gasteiger partial charge is 0.230 e. The normalized spacial score (nSPS) is 49.4. The molecule has 12 atom stereocenters. The van der Waals surface area contributed by atoms with E-state index < -0.39 is 0 Å². The largest absolute Gasteiger partial charge is 0.379 e. The van der Waals surface area contributed by atoms with E-state index in [0.29, 0.717) is 54.6 Å². The molecule has 7 rings (SSSR count). The Balaban J connectivity index is 0.940. The molecule has 4 aliphatic carbocycles. The number of hydrogen-bond donors (Lipinski definition) is 3. The number of carbonyl (C=O) groups is 2. The molecule has 242 valence electrons. The van der Waals surface area contributed by atoms with E-state index in [1.54, 1.807) is 0 Å². The minimum Gasteiger partial charge on any atom is -0.379 e. The third-order valence-electron chi connectivity index (χ3n) is 14.4. The van der Waals surface area contributed by atoms with Crippen molar-refractivity contribution in [2.45, 2.75) is 116 Å². The third-order valence-corrected chi connectivity index (χ3v) is 14.4. The zero-order valence-corrected chi connectivity index (χ0v) is 27.3. The average Bonchev–Trinajstić information content (AvgIpc) is 3.44. The minimum absolute atomic E-state index is 0.0770. The molecule has 0 aromatic carbocycles. The lowest BCUT2D eigenvalue weighted by Crippen LogP contribution is -2.58. The Hall–Kier alpha value is -1.22. The predicted octanol–water partition coefficient (Wildman–Crippen LogP) is 4.29. The minimum atomic E-state index is -0.185. The van der Waals surface area contributed by atoms with Crippen LogP contribution in [0.1, 0.15) is 98.3 Å². The van der Waals surface area contributed by atoms with E-state index in [0.717, 1.165) is 56.1 Å². The van der Waals surface area contributed by atoms with E-state index in [-0.39, 0.29) is 30.0 Å². The molecule has 43 heavy (non-hydrogen) atoms. The Kier molecular flexibility index (Phi) is 8.17. The number of fused-ring (bicyclic) bond motifs is 7. The Labute approximate surface area is 259 Å². The molecule has 3 N–H and O–H groups in total. The van der Waals surface area contributed by atoms with Crippen LogP contribution in [-0.2, 0) is 19.1 Å². The molecule has 0 unspecified atom stereocenters. The van der Waals surface area contributed by atoms with Crippen LogP contribution in [0.2, 0.25) is 0 Å². The van der Waals surface area contributed by atoms with E-state index >= 15 is 0 Å². The van der Waals surface area contributed by atoms with Gasteiger partial charge < -0.3 is 20.1 Å². The maximum absolute atomic E-state index is 12.8. The second-order valence-corrected chi connectivity index (χ2v) is 16.5. The highest BCUT2D eigenvalue weighted by Crippen LogP contribution is 2.71. The Morgan fingerprint density at radius 2 is 1.70 bits per heavy atom. The molecule has 0 aromatic rings. The summed E-state index contributed by atoms with van der Waals surface area (Å²) in [6, 6.07) is 0.199. The summed E-state index contributed by atoms with van der Waals surface area (Å²) in [4.78, 5) is 27.4. The number of amides is 2. The fraction of sp³-hybridized carbons (Fsp3) is 0.943. The molecule has 3 saturated heterocycles. The van der Waals surface area contributed by atoms with Crippen molar-refractivity contribution >= 4 is 11.8 Å². The van der Waals surface area contributed by atoms with Gasteiger partial charge >= 0.3 is 0 Å². The lowest BCUT2D eigenvalue weighted by molar-refractivity contribution is -0.137. The fourth-order valence-electron chi connectivity index (χ4n) is 12.0. The summed E-state index contributed by atoms with van der Waals surface area (Å²) in [6.07, 6.45) is 12.7. The van der Waals surface area contributed by atoms with Gasteiger partial charge in [0.05, 0.1) is 26.0 Å². The summed E-state index contributed by atoms with van der Waals surface area (Å²) in [5, 5.41) is 10.1. The Morgan fingerprint density at radius 3 is 2.47 bits per heavy atom. The van der Waals surface area contributed by atoms with Gasteiger partial charge in [0, 0.05) is 31.6 Å². The molecule has 1 spiro atoms. The molecule has 0 aromatic heterocycles. The van der Waals surface area contributed by atoms with Crippen molar-refractivity contribution in [2.75, 3.05) is 39.5 Å². The quantitative estimate of drug-likeness (QED) is 0.409. The SMILES string of the molecule is C[C@@H]1CC[C@@]2(NC1)O[C@H]1C[C@H]3[C@@H]4CC[C@H]5C[C@@H](NC(=O)CC(=O)NCN6CCOCC6)CC[C@]5(C)[C@H]4CC[C@]3(C)[C@H]1[C@@H]2C. The lowest BCUT2D eigenvalue weighted by Gasteiger charge is -2.61. The molecule has 3 heterocycles. The molecule has 7 fully saturated rings. The Bertz CT molecular complexity index is 1060. The zero-order chi connectivity index (χ0) is 30.0. The number of nitrogens with one attached hydrogen (secondary N) is 3. The van der Waals surface area contributed by atoms with Crippen LogP contribution in [0.5, 0.6) is 0 Å². The summed E-state index contributed by atoms with van der Waals surface area (Å²) in [5.74, 6) is 4.78. The van der Waals surface area contributed by atoms with Crippen LogP contribution < -0.4 is 16.0 Å². The van der Waals surface area contributed by atoms with Crippen molar-refractivity contribution in [3.05, 3.63) is 0 Å². The van der Waals surface area contributed by atoms with Gasteiger partial charge in [0.2, 0.25) is 11.8 Å². The number of rotatable bonds is 5. The van der Waals surface area contributed by atoms with Gasteiger partial charge in [-0.05, 0) is 111 Å². The lowest BCUT2D eigenvalue weighted by atomic mass is 9.44. The van der Waals surface area contributed by atoms with Crippen LogP contribution in [-0.4, -0.2) is 74.1 Å². The van der Waals surface area contributed by atoms with Gasteiger partial charge in [0.25, 0.3) is 0 Å². The summed E-state index contributed by atoms with van der Waals surface area (Å²) < 4.78 is 12.4. The van der Waals surface area contributed by atoms with Crippen LogP contribution in [0.4, 0.5) is 0 Å². The number of ether oxygens (including phenoxy) is 2. The summed E-state index contributed by atoms with van der Waals surface area (Å²) in [7, 11) is 0. The molecule has 3 aliphatic heterocycles. The number of hydrogen-bond acceptors (Lipinski definition) is 6. The van der Waals surface area contributed by atoms with Gasteiger partial charge in [0.15, 0.2) is 0 Å². The van der Waals surface area contributed by atoms with Crippen molar-refractivity contribution < 1.29 is 19.1 Å². The molecule has 8 heteroatoms. The molecular weight excluding hydrogens is 540 g/mol. The molecule has 8 nitrogen and oxygen atoms in total. The highest BCUT2D eigenvalue weighted by molar-refractivity contribution is 5.96. The highest BCUT2D eigenvalue weighted by Gasteiger charge is 2.68. The first kappa shape index (κ1) is 30.4. The van der Waals surface area contributed by atoms with Gasteiger partial charge in [-0.15, -0.1) is 0 Å². The van der Waals surface area contributed by atoms with Gasteiger partial charge in [-0.3, -0.25) is 19.8 Å². The van der Waals surface area contributed by atoms with Gasteiger partial charge in [-0.2, -0.15) is 0 Å². The second-order valence-electron chi connectivity index (χ2n) is 16.5. The van der Waals surface area contributed by atoms with E-state index in [1.165, 1.54) is 51.4 Å². The van der Waals surface area contributed by atoms with E-state index in [1.807, 2.05) is 0 Å². The molecule has 2 amide bonds.